The van der Waals surface area contributed by atoms with E-state index in [1.807, 2.05) is 6.92 Å². The second kappa shape index (κ2) is 13.4. The van der Waals surface area contributed by atoms with Crippen molar-refractivity contribution in [3.8, 4) is 39.9 Å². The molecule has 51 heavy (non-hydrogen) atoms. The van der Waals surface area contributed by atoms with Crippen molar-refractivity contribution in [2.75, 3.05) is 12.4 Å². The van der Waals surface area contributed by atoms with Crippen molar-refractivity contribution in [1.29, 1.82) is 0 Å². The van der Waals surface area contributed by atoms with Crippen LogP contribution in [0.25, 0.3) is 34.0 Å². The van der Waals surface area contributed by atoms with Gasteiger partial charge in [0.2, 0.25) is 11.8 Å². The van der Waals surface area contributed by atoms with E-state index in [0.717, 1.165) is 10.9 Å². The van der Waals surface area contributed by atoms with Crippen molar-refractivity contribution in [2.24, 2.45) is 5.92 Å². The minimum atomic E-state index is -4.70. The van der Waals surface area contributed by atoms with Crippen LogP contribution in [0.15, 0.2) is 78.5 Å². The number of nitrogens with zero attached hydrogens (tertiary/aromatic N) is 10. The molecule has 6 heterocycles. The van der Waals surface area contributed by atoms with E-state index in [1.165, 1.54) is 59.3 Å². The SMILES string of the molecule is COc1cncc(-n2cc3c(n2)-c2ccnc(c2)[C@@H](n2cnc(-c4cc(Cl)ccc4-n4cc(C(F)(F)F)nn4)cc2=O)CCC[C@@H](C)C(=O)N3)n1. The maximum atomic E-state index is 13.9. The minimum absolute atomic E-state index is 0.161. The molecule has 2 bridgehead atoms. The van der Waals surface area contributed by atoms with Gasteiger partial charge in [-0.05, 0) is 43.2 Å². The maximum absolute atomic E-state index is 13.9. The van der Waals surface area contributed by atoms with Crippen LogP contribution in [0.4, 0.5) is 18.9 Å². The fraction of sp³-hybridized carbons (Fsp3) is 0.242. The van der Waals surface area contributed by atoms with Crippen molar-refractivity contribution in [3.05, 3.63) is 100 Å². The van der Waals surface area contributed by atoms with E-state index in [9.17, 15) is 22.8 Å². The second-order valence-electron chi connectivity index (χ2n) is 11.8. The van der Waals surface area contributed by atoms with Gasteiger partial charge in [-0.2, -0.15) is 23.3 Å². The van der Waals surface area contributed by atoms with Gasteiger partial charge in [0.25, 0.3) is 5.56 Å². The van der Waals surface area contributed by atoms with E-state index in [-0.39, 0.29) is 39.7 Å². The van der Waals surface area contributed by atoms with Gasteiger partial charge in [-0.1, -0.05) is 30.2 Å². The number of rotatable bonds is 5. The van der Waals surface area contributed by atoms with Crippen molar-refractivity contribution < 1.29 is 22.7 Å². The molecule has 18 heteroatoms. The molecular weight excluding hydrogens is 691 g/mol. The smallest absolute Gasteiger partial charge is 0.436 e. The molecule has 1 aromatic carbocycles. The lowest BCUT2D eigenvalue weighted by Crippen LogP contribution is -2.27. The Morgan fingerprint density at radius 2 is 1.86 bits per heavy atom. The lowest BCUT2D eigenvalue weighted by molar-refractivity contribution is -0.141. The van der Waals surface area contributed by atoms with Gasteiger partial charge in [0, 0.05) is 34.3 Å². The Morgan fingerprint density at radius 1 is 1.02 bits per heavy atom. The lowest BCUT2D eigenvalue weighted by atomic mass is 9.97. The molecule has 7 rings (SSSR count). The Balaban J connectivity index is 1.29. The van der Waals surface area contributed by atoms with E-state index < -0.39 is 23.5 Å². The number of halogens is 4. The zero-order valence-electron chi connectivity index (χ0n) is 26.9. The number of alkyl halides is 3. The number of carbonyl (C=O) groups excluding carboxylic acids is 1. The average Bonchev–Trinajstić information content (AvgIpc) is 3.79. The minimum Gasteiger partial charge on any atom is -0.480 e. The first-order valence-electron chi connectivity index (χ1n) is 15.6. The summed E-state index contributed by atoms with van der Waals surface area (Å²) in [6.07, 6.45) is 5.15. The van der Waals surface area contributed by atoms with Crippen LogP contribution in [0.1, 0.15) is 43.6 Å². The van der Waals surface area contributed by atoms with E-state index >= 15 is 0 Å². The summed E-state index contributed by atoms with van der Waals surface area (Å²) < 4.78 is 48.9. The number of hydrogen-bond donors (Lipinski definition) is 1. The summed E-state index contributed by atoms with van der Waals surface area (Å²) in [5.74, 6) is 0.0756. The molecule has 1 N–H and O–H groups in total. The molecule has 0 spiro atoms. The molecular formula is C33H27ClF3N11O3. The van der Waals surface area contributed by atoms with E-state index in [4.69, 9.17) is 21.4 Å². The van der Waals surface area contributed by atoms with Crippen LogP contribution in [-0.4, -0.2) is 62.3 Å². The topological polar surface area (TPSA) is 160 Å². The number of fused-ring (bicyclic) bond motifs is 4. The zero-order chi connectivity index (χ0) is 35.9. The van der Waals surface area contributed by atoms with Crippen LogP contribution < -0.4 is 15.6 Å². The highest BCUT2D eigenvalue weighted by Gasteiger charge is 2.35. The number of carbonyl (C=O) groups is 1. The average molecular weight is 718 g/mol. The number of pyridine rings is 1. The highest BCUT2D eigenvalue weighted by molar-refractivity contribution is 6.31. The first-order valence-corrected chi connectivity index (χ1v) is 16.0. The van der Waals surface area contributed by atoms with Crippen molar-refractivity contribution in [1.82, 2.24) is 49.3 Å². The molecule has 14 nitrogen and oxygen atoms in total. The fourth-order valence-corrected chi connectivity index (χ4v) is 5.94. The predicted molar refractivity (Wildman–Crippen MR) is 178 cm³/mol. The molecule has 0 aliphatic carbocycles. The van der Waals surface area contributed by atoms with Gasteiger partial charge >= 0.3 is 6.18 Å². The summed E-state index contributed by atoms with van der Waals surface area (Å²) in [6, 6.07) is 8.67. The van der Waals surface area contributed by atoms with Gasteiger partial charge in [-0.3, -0.25) is 24.1 Å². The third-order valence-corrected chi connectivity index (χ3v) is 8.65. The lowest BCUT2D eigenvalue weighted by Gasteiger charge is -2.22. The van der Waals surface area contributed by atoms with Gasteiger partial charge < -0.3 is 10.1 Å². The van der Waals surface area contributed by atoms with E-state index in [0.29, 0.717) is 47.7 Å². The van der Waals surface area contributed by atoms with Gasteiger partial charge in [-0.25, -0.2) is 14.3 Å². The first-order chi connectivity index (χ1) is 24.5. The van der Waals surface area contributed by atoms with Crippen LogP contribution >= 0.6 is 11.6 Å². The summed E-state index contributed by atoms with van der Waals surface area (Å²) >= 11 is 6.27. The van der Waals surface area contributed by atoms with Gasteiger partial charge in [-0.15, -0.1) is 5.10 Å². The number of amides is 1. The van der Waals surface area contributed by atoms with Gasteiger partial charge in [0.05, 0.1) is 67.0 Å². The molecule has 1 aliphatic heterocycles. The molecule has 0 saturated heterocycles. The number of benzene rings is 1. The normalized spacial score (nSPS) is 16.5. The fourth-order valence-electron chi connectivity index (χ4n) is 5.77. The Bertz CT molecular complexity index is 2320. The molecule has 5 aromatic heterocycles. The van der Waals surface area contributed by atoms with Gasteiger partial charge in [0.15, 0.2) is 11.5 Å². The Morgan fingerprint density at radius 3 is 2.63 bits per heavy atom. The predicted octanol–water partition coefficient (Wildman–Crippen LogP) is 5.56. The Kier molecular flexibility index (Phi) is 8.80. The molecule has 1 aliphatic rings. The standard InChI is InChI=1S/C33H27ClF3N11O3/c1-18-4-3-5-26(23-10-19(8-9-39-23)31-24(41-32(18)50)15-48(44-31)28-13-38-14-29(42-28)51-2)46-17-40-22(12-30(46)49)21-11-20(34)6-7-25(21)47-16-27(43-45-47)33(35,36)37/h6-18,26H,3-5H2,1-2H3,(H,41,50)/t18-,26+/m1/s1. The summed E-state index contributed by atoms with van der Waals surface area (Å²) in [5, 5.41) is 14.9. The third-order valence-electron chi connectivity index (χ3n) is 8.41. The molecule has 0 radical (unpaired) electrons. The molecule has 0 unspecified atom stereocenters. The van der Waals surface area contributed by atoms with Crippen LogP contribution in [0, 0.1) is 5.92 Å². The first kappa shape index (κ1) is 33.5. The van der Waals surface area contributed by atoms with Crippen LogP contribution in [0.3, 0.4) is 0 Å². The van der Waals surface area contributed by atoms with Crippen LogP contribution in [-0.2, 0) is 11.0 Å². The molecule has 0 saturated carbocycles. The van der Waals surface area contributed by atoms with E-state index in [2.05, 4.69) is 35.6 Å². The van der Waals surface area contributed by atoms with Crippen molar-refractivity contribution in [3.63, 3.8) is 0 Å². The summed E-state index contributed by atoms with van der Waals surface area (Å²) in [6.45, 7) is 1.82. The molecule has 2 atom stereocenters. The van der Waals surface area contributed by atoms with Crippen LogP contribution in [0.2, 0.25) is 5.02 Å². The van der Waals surface area contributed by atoms with E-state index in [1.54, 1.807) is 24.5 Å². The molecule has 6 aromatic rings. The second-order valence-corrected chi connectivity index (χ2v) is 12.2. The van der Waals surface area contributed by atoms with Crippen molar-refractivity contribution >= 4 is 23.2 Å². The molecule has 260 valence electrons. The largest absolute Gasteiger partial charge is 0.480 e. The molecule has 0 fully saturated rings. The number of aromatic nitrogens is 10. The number of anilines is 1. The summed E-state index contributed by atoms with van der Waals surface area (Å²) in [4.78, 5) is 44.9. The maximum Gasteiger partial charge on any atom is 0.436 e. The Hall–Kier alpha value is -5.97. The molecule has 1 amide bonds. The zero-order valence-corrected chi connectivity index (χ0v) is 27.7. The number of methoxy groups -OCH3 is 1. The monoisotopic (exact) mass is 717 g/mol. The van der Waals surface area contributed by atoms with Gasteiger partial charge in [0.1, 0.15) is 5.69 Å². The quantitative estimate of drug-likeness (QED) is 0.239. The summed E-state index contributed by atoms with van der Waals surface area (Å²) in [7, 11) is 1.48. The Labute approximate surface area is 291 Å². The van der Waals surface area contributed by atoms with Crippen molar-refractivity contribution in [2.45, 2.75) is 38.4 Å². The van der Waals surface area contributed by atoms with Crippen LogP contribution in [0.5, 0.6) is 5.88 Å². The number of ether oxygens (including phenoxy) is 1. The summed E-state index contributed by atoms with van der Waals surface area (Å²) in [5.41, 5.74) is 1.06. The number of nitrogens with one attached hydrogen (secondary N) is 1. The highest BCUT2D eigenvalue weighted by atomic mass is 35.5. The third kappa shape index (κ3) is 6.79. The number of hydrogen-bond acceptors (Lipinski definition) is 10. The highest BCUT2D eigenvalue weighted by Crippen LogP contribution is 2.34.